The van der Waals surface area contributed by atoms with Crippen molar-refractivity contribution in [3.05, 3.63) is 11.9 Å². The van der Waals surface area contributed by atoms with Crippen LogP contribution in [0.5, 0.6) is 0 Å². The molecule has 0 atom stereocenters. The Morgan fingerprint density at radius 2 is 1.76 bits per heavy atom. The zero-order valence-electron chi connectivity index (χ0n) is 14.1. The summed E-state index contributed by atoms with van der Waals surface area (Å²) in [6, 6.07) is 2.98. The summed E-state index contributed by atoms with van der Waals surface area (Å²) in [5.41, 5.74) is 0. The van der Waals surface area contributed by atoms with Gasteiger partial charge in [-0.05, 0) is 27.7 Å². The van der Waals surface area contributed by atoms with Crippen LogP contribution in [0.4, 0.5) is 11.6 Å². The lowest BCUT2D eigenvalue weighted by molar-refractivity contribution is 0.178. The van der Waals surface area contributed by atoms with Gasteiger partial charge in [-0.2, -0.15) is 0 Å². The molecule has 0 aliphatic carbocycles. The van der Waals surface area contributed by atoms with E-state index < -0.39 is 0 Å². The molecule has 0 aliphatic rings. The standard InChI is InChI=1S/C15H29N5O/c1-11(2)20(12(3)4)8-7-17-14-9-13(16-5)18-15(19-14)10-21-6/h9,11-12H,7-8,10H2,1-6H3,(H2,16,17,18,19). The first-order valence-corrected chi connectivity index (χ1v) is 7.52. The molecule has 21 heavy (non-hydrogen) atoms. The highest BCUT2D eigenvalue weighted by Gasteiger charge is 2.12. The summed E-state index contributed by atoms with van der Waals surface area (Å²) in [4.78, 5) is 11.2. The monoisotopic (exact) mass is 295 g/mol. The summed E-state index contributed by atoms with van der Waals surface area (Å²) in [5, 5.41) is 6.41. The van der Waals surface area contributed by atoms with Crippen LogP contribution in [0.25, 0.3) is 0 Å². The van der Waals surface area contributed by atoms with Crippen LogP contribution in [0.3, 0.4) is 0 Å². The average Bonchev–Trinajstić information content (AvgIpc) is 2.42. The van der Waals surface area contributed by atoms with E-state index in [4.69, 9.17) is 4.74 Å². The van der Waals surface area contributed by atoms with Crippen LogP contribution in [-0.2, 0) is 11.3 Å². The predicted molar refractivity (Wildman–Crippen MR) is 87.8 cm³/mol. The summed E-state index contributed by atoms with van der Waals surface area (Å²) < 4.78 is 5.10. The van der Waals surface area contributed by atoms with E-state index >= 15 is 0 Å². The molecule has 120 valence electrons. The molecule has 6 nitrogen and oxygen atoms in total. The van der Waals surface area contributed by atoms with E-state index in [9.17, 15) is 0 Å². The highest BCUT2D eigenvalue weighted by Crippen LogP contribution is 2.12. The molecule has 0 aromatic carbocycles. The minimum atomic E-state index is 0.411. The van der Waals surface area contributed by atoms with E-state index in [0.717, 1.165) is 24.7 Å². The number of anilines is 2. The van der Waals surface area contributed by atoms with Crippen molar-refractivity contribution in [1.29, 1.82) is 0 Å². The first kappa shape index (κ1) is 17.7. The Morgan fingerprint density at radius 1 is 1.14 bits per heavy atom. The van der Waals surface area contributed by atoms with Gasteiger partial charge in [0, 0.05) is 45.4 Å². The largest absolute Gasteiger partial charge is 0.377 e. The molecule has 1 heterocycles. The van der Waals surface area contributed by atoms with Crippen molar-refractivity contribution in [3.8, 4) is 0 Å². The maximum Gasteiger partial charge on any atom is 0.158 e. The van der Waals surface area contributed by atoms with Gasteiger partial charge in [0.05, 0.1) is 0 Å². The summed E-state index contributed by atoms with van der Waals surface area (Å²) in [6.45, 7) is 11.1. The highest BCUT2D eigenvalue weighted by molar-refractivity contribution is 5.47. The highest BCUT2D eigenvalue weighted by atomic mass is 16.5. The van der Waals surface area contributed by atoms with Crippen LogP contribution >= 0.6 is 0 Å². The van der Waals surface area contributed by atoms with Gasteiger partial charge >= 0.3 is 0 Å². The Bertz CT molecular complexity index is 415. The molecule has 1 aromatic heterocycles. The van der Waals surface area contributed by atoms with Crippen molar-refractivity contribution in [3.63, 3.8) is 0 Å². The topological polar surface area (TPSA) is 62.3 Å². The number of ether oxygens (including phenoxy) is 1. The summed E-state index contributed by atoms with van der Waals surface area (Å²) in [7, 11) is 3.49. The van der Waals surface area contributed by atoms with Crippen LogP contribution in [-0.4, -0.2) is 54.2 Å². The molecule has 0 spiro atoms. The second-order valence-electron chi connectivity index (χ2n) is 5.59. The van der Waals surface area contributed by atoms with Gasteiger partial charge in [0.2, 0.25) is 0 Å². The Kier molecular flexibility index (Phi) is 7.39. The Morgan fingerprint density at radius 3 is 2.29 bits per heavy atom. The van der Waals surface area contributed by atoms with Crippen molar-refractivity contribution in [2.24, 2.45) is 0 Å². The van der Waals surface area contributed by atoms with E-state index in [-0.39, 0.29) is 0 Å². The first-order valence-electron chi connectivity index (χ1n) is 7.52. The van der Waals surface area contributed by atoms with Crippen molar-refractivity contribution < 1.29 is 4.74 Å². The van der Waals surface area contributed by atoms with Crippen molar-refractivity contribution in [1.82, 2.24) is 14.9 Å². The maximum atomic E-state index is 5.10. The van der Waals surface area contributed by atoms with Crippen molar-refractivity contribution in [2.75, 3.05) is 37.9 Å². The second-order valence-corrected chi connectivity index (χ2v) is 5.59. The number of nitrogens with zero attached hydrogens (tertiary/aromatic N) is 3. The summed E-state index contributed by atoms with van der Waals surface area (Å²) in [5.74, 6) is 2.30. The molecule has 0 bridgehead atoms. The molecule has 1 aromatic rings. The van der Waals surface area contributed by atoms with Gasteiger partial charge in [0.1, 0.15) is 18.2 Å². The molecule has 0 aliphatic heterocycles. The molecule has 0 saturated heterocycles. The first-order chi connectivity index (χ1) is 9.97. The van der Waals surface area contributed by atoms with E-state index in [2.05, 4.69) is 53.2 Å². The quantitative estimate of drug-likeness (QED) is 0.728. The lowest BCUT2D eigenvalue weighted by atomic mass is 10.2. The van der Waals surface area contributed by atoms with Gasteiger partial charge < -0.3 is 15.4 Å². The van der Waals surface area contributed by atoms with Crippen LogP contribution < -0.4 is 10.6 Å². The zero-order chi connectivity index (χ0) is 15.8. The van der Waals surface area contributed by atoms with Gasteiger partial charge in [-0.3, -0.25) is 4.90 Å². The smallest absolute Gasteiger partial charge is 0.158 e. The summed E-state index contributed by atoms with van der Waals surface area (Å²) >= 11 is 0. The Hall–Kier alpha value is -1.40. The number of rotatable bonds is 9. The third kappa shape index (κ3) is 5.85. The number of hydrogen-bond acceptors (Lipinski definition) is 6. The molecule has 0 amide bonds. The van der Waals surface area contributed by atoms with Crippen LogP contribution in [0, 0.1) is 0 Å². The third-order valence-electron chi connectivity index (χ3n) is 3.30. The van der Waals surface area contributed by atoms with Crippen LogP contribution in [0.1, 0.15) is 33.5 Å². The minimum Gasteiger partial charge on any atom is -0.377 e. The molecule has 0 saturated carbocycles. The molecule has 0 unspecified atom stereocenters. The third-order valence-corrected chi connectivity index (χ3v) is 3.30. The Labute approximate surface area is 128 Å². The van der Waals surface area contributed by atoms with Gasteiger partial charge in [0.15, 0.2) is 5.82 Å². The van der Waals surface area contributed by atoms with Gasteiger partial charge in [-0.1, -0.05) is 0 Å². The molecule has 0 radical (unpaired) electrons. The molecule has 2 N–H and O–H groups in total. The van der Waals surface area contributed by atoms with Gasteiger partial charge in [-0.15, -0.1) is 0 Å². The van der Waals surface area contributed by atoms with Crippen molar-refractivity contribution >= 4 is 11.6 Å². The fourth-order valence-corrected chi connectivity index (χ4v) is 2.34. The second kappa shape index (κ2) is 8.79. The maximum absolute atomic E-state index is 5.10. The van der Waals surface area contributed by atoms with E-state index in [1.165, 1.54) is 0 Å². The molecule has 1 rings (SSSR count). The normalized spacial score (nSPS) is 11.5. The fraction of sp³-hybridized carbons (Fsp3) is 0.733. The molecule has 6 heteroatoms. The molecule has 0 fully saturated rings. The van der Waals surface area contributed by atoms with E-state index in [0.29, 0.717) is 24.5 Å². The average molecular weight is 295 g/mol. The minimum absolute atomic E-state index is 0.411. The van der Waals surface area contributed by atoms with Gasteiger partial charge in [0.25, 0.3) is 0 Å². The van der Waals surface area contributed by atoms with Crippen molar-refractivity contribution in [2.45, 2.75) is 46.4 Å². The van der Waals surface area contributed by atoms with Crippen LogP contribution in [0.2, 0.25) is 0 Å². The molecular weight excluding hydrogens is 266 g/mol. The van der Waals surface area contributed by atoms with Crippen LogP contribution in [0.15, 0.2) is 6.07 Å². The van der Waals surface area contributed by atoms with Gasteiger partial charge in [-0.25, -0.2) is 9.97 Å². The lowest BCUT2D eigenvalue weighted by Crippen LogP contribution is -2.40. The number of nitrogens with one attached hydrogen (secondary N) is 2. The number of methoxy groups -OCH3 is 1. The van der Waals surface area contributed by atoms with E-state index in [1.807, 2.05) is 13.1 Å². The fourth-order valence-electron chi connectivity index (χ4n) is 2.34. The Balaban J connectivity index is 2.63. The number of aromatic nitrogens is 2. The zero-order valence-corrected chi connectivity index (χ0v) is 14.1. The summed E-state index contributed by atoms with van der Waals surface area (Å²) in [6.07, 6.45) is 0. The van der Waals surface area contributed by atoms with E-state index in [1.54, 1.807) is 7.11 Å². The predicted octanol–water partition coefficient (Wildman–Crippen LogP) is 2.20. The lowest BCUT2D eigenvalue weighted by Gasteiger charge is -2.30. The number of hydrogen-bond donors (Lipinski definition) is 2. The molecular formula is C15H29N5O. The SMILES string of the molecule is CNc1cc(NCCN(C(C)C)C(C)C)nc(COC)n1.